The van der Waals surface area contributed by atoms with Crippen LogP contribution in [-0.2, 0) is 4.43 Å². The average molecular weight is 128 g/mol. The second kappa shape index (κ2) is 7.18. The summed E-state index contributed by atoms with van der Waals surface area (Å²) in [6.07, 6.45) is 0. The third kappa shape index (κ3) is 11.0. The van der Waals surface area contributed by atoms with E-state index in [0.717, 1.165) is 6.61 Å². The zero-order chi connectivity index (χ0) is 4.99. The zero-order valence-electron chi connectivity index (χ0n) is 6.69. The van der Waals surface area contributed by atoms with Crippen molar-refractivity contribution in [3.63, 3.8) is 0 Å². The molecule has 0 aliphatic rings. The maximum Gasteiger partial charge on any atom is 1.00 e. The molecule has 0 radical (unpaired) electrons. The molecule has 0 rings (SSSR count). The maximum absolute atomic E-state index is 5.18. The van der Waals surface area contributed by atoms with Crippen molar-refractivity contribution in [2.45, 2.75) is 20.0 Å². The molecule has 7 heavy (non-hydrogen) atoms. The van der Waals surface area contributed by atoms with Crippen LogP contribution in [0.15, 0.2) is 0 Å². The molecule has 0 saturated carbocycles. The van der Waals surface area contributed by atoms with Gasteiger partial charge in [-0.05, 0) is 20.0 Å². The molecule has 0 N–H and O–H groups in total. The van der Waals surface area contributed by atoms with Crippen LogP contribution in [0.3, 0.4) is 0 Å². The van der Waals surface area contributed by atoms with Gasteiger partial charge in [0.25, 0.3) is 0 Å². The van der Waals surface area contributed by atoms with Crippen molar-refractivity contribution in [3.8, 4) is 0 Å². The minimum Gasteiger partial charge on any atom is -1.00 e. The van der Waals surface area contributed by atoms with E-state index in [1.54, 1.807) is 0 Å². The van der Waals surface area contributed by atoms with Gasteiger partial charge >= 0.3 is 29.6 Å². The van der Waals surface area contributed by atoms with E-state index in [4.69, 9.17) is 4.43 Å². The Labute approximate surface area is 70.9 Å². The fourth-order valence-corrected chi connectivity index (χ4v) is 1.00. The van der Waals surface area contributed by atoms with Crippen LogP contribution in [0, 0.1) is 0 Å². The Balaban J connectivity index is -0.000000125. The van der Waals surface area contributed by atoms with Gasteiger partial charge in [-0.15, -0.1) is 0 Å². The van der Waals surface area contributed by atoms with Crippen LogP contribution in [-0.4, -0.2) is 15.6 Å². The van der Waals surface area contributed by atoms with E-state index in [1.807, 2.05) is 6.92 Å². The molecule has 1 nitrogen and oxygen atoms in total. The van der Waals surface area contributed by atoms with E-state index in [0.29, 0.717) is 0 Å². The summed E-state index contributed by atoms with van der Waals surface area (Å²) in [5.41, 5.74) is 0. The Morgan fingerprint density at radius 1 is 1.57 bits per heavy atom. The first-order valence-electron chi connectivity index (χ1n) is 2.39. The standard InChI is InChI=1S/C4H12OSi.Na.H/c1-4-5-6(2)3;;/h6H,4H2,1-3H3;;/q;+1;-1. The number of rotatable bonds is 2. The maximum atomic E-state index is 5.18. The van der Waals surface area contributed by atoms with Gasteiger partial charge in [-0.25, -0.2) is 0 Å². The van der Waals surface area contributed by atoms with E-state index in [9.17, 15) is 0 Å². The Morgan fingerprint density at radius 2 is 2.00 bits per heavy atom. The monoisotopic (exact) mass is 128 g/mol. The van der Waals surface area contributed by atoms with Crippen LogP contribution in [0.25, 0.3) is 0 Å². The summed E-state index contributed by atoms with van der Waals surface area (Å²) in [6.45, 7) is 7.27. The largest absolute Gasteiger partial charge is 1.00 e. The minimum atomic E-state index is -0.671. The molecule has 0 atom stereocenters. The minimum absolute atomic E-state index is 0. The van der Waals surface area contributed by atoms with E-state index in [1.165, 1.54) is 0 Å². The van der Waals surface area contributed by atoms with E-state index in [2.05, 4.69) is 13.1 Å². The fourth-order valence-electron chi connectivity index (χ4n) is 0.333. The van der Waals surface area contributed by atoms with Gasteiger partial charge in [0.1, 0.15) is 0 Å². The van der Waals surface area contributed by atoms with Crippen molar-refractivity contribution in [3.05, 3.63) is 0 Å². The molecule has 40 valence electrons. The summed E-state index contributed by atoms with van der Waals surface area (Å²) < 4.78 is 5.18. The summed E-state index contributed by atoms with van der Waals surface area (Å²) in [6, 6.07) is 0. The van der Waals surface area contributed by atoms with Gasteiger partial charge in [0.15, 0.2) is 9.04 Å². The van der Waals surface area contributed by atoms with Gasteiger partial charge in [-0.3, -0.25) is 0 Å². The molecule has 0 heterocycles. The fraction of sp³-hybridized carbons (Fsp3) is 1.00. The first kappa shape index (κ1) is 11.0. The Hall–Kier alpha value is 1.18. The summed E-state index contributed by atoms with van der Waals surface area (Å²) in [4.78, 5) is 0. The van der Waals surface area contributed by atoms with Crippen LogP contribution < -0.4 is 29.6 Å². The molecule has 0 bridgehead atoms. The van der Waals surface area contributed by atoms with Crippen molar-refractivity contribution in [2.75, 3.05) is 6.61 Å². The van der Waals surface area contributed by atoms with Crippen LogP contribution >= 0.6 is 0 Å². The second-order valence-corrected chi connectivity index (χ2v) is 3.93. The Bertz CT molecular complexity index is 37.2. The van der Waals surface area contributed by atoms with Crippen molar-refractivity contribution in [1.82, 2.24) is 0 Å². The molecule has 0 amide bonds. The predicted molar refractivity (Wildman–Crippen MR) is 31.6 cm³/mol. The molecular formula is C4H13NaOSi. The van der Waals surface area contributed by atoms with Crippen molar-refractivity contribution >= 4 is 9.04 Å². The van der Waals surface area contributed by atoms with E-state index >= 15 is 0 Å². The summed E-state index contributed by atoms with van der Waals surface area (Å²) in [7, 11) is -0.671. The molecule has 0 aromatic heterocycles. The molecular weight excluding hydrogens is 115 g/mol. The Morgan fingerprint density at radius 3 is 2.00 bits per heavy atom. The van der Waals surface area contributed by atoms with Gasteiger partial charge in [-0.2, -0.15) is 0 Å². The predicted octanol–water partition coefficient (Wildman–Crippen LogP) is -1.88. The normalized spacial score (nSPS) is 8.57. The van der Waals surface area contributed by atoms with Gasteiger partial charge in [0.2, 0.25) is 0 Å². The van der Waals surface area contributed by atoms with Crippen LogP contribution in [0.4, 0.5) is 0 Å². The zero-order valence-corrected chi connectivity index (χ0v) is 8.85. The van der Waals surface area contributed by atoms with E-state index < -0.39 is 9.04 Å². The summed E-state index contributed by atoms with van der Waals surface area (Å²) >= 11 is 0. The third-order valence-electron chi connectivity index (χ3n) is 0.500. The van der Waals surface area contributed by atoms with Gasteiger partial charge < -0.3 is 5.85 Å². The summed E-state index contributed by atoms with van der Waals surface area (Å²) in [5, 5.41) is 0. The molecule has 3 heteroatoms. The van der Waals surface area contributed by atoms with Gasteiger partial charge in [0.05, 0.1) is 0 Å². The van der Waals surface area contributed by atoms with Crippen molar-refractivity contribution in [1.29, 1.82) is 0 Å². The molecule has 0 aromatic rings. The quantitative estimate of drug-likeness (QED) is 0.396. The van der Waals surface area contributed by atoms with Crippen LogP contribution in [0.2, 0.25) is 13.1 Å². The van der Waals surface area contributed by atoms with Crippen molar-refractivity contribution < 1.29 is 35.4 Å². The average Bonchev–Trinajstić information content (AvgIpc) is 1.35. The first-order chi connectivity index (χ1) is 2.77. The molecule has 0 unspecified atom stereocenters. The third-order valence-corrected chi connectivity index (χ3v) is 1.50. The molecule has 0 aromatic carbocycles. The van der Waals surface area contributed by atoms with E-state index in [-0.39, 0.29) is 31.0 Å². The topological polar surface area (TPSA) is 9.23 Å². The SMILES string of the molecule is CCO[SiH](C)C.[H-].[Na+]. The van der Waals surface area contributed by atoms with Crippen LogP contribution in [0.5, 0.6) is 0 Å². The van der Waals surface area contributed by atoms with Crippen LogP contribution in [0.1, 0.15) is 8.35 Å². The molecule has 0 fully saturated rings. The van der Waals surface area contributed by atoms with Gasteiger partial charge in [-0.1, -0.05) is 0 Å². The van der Waals surface area contributed by atoms with Gasteiger partial charge in [0, 0.05) is 6.61 Å². The number of hydrogen-bond donors (Lipinski definition) is 0. The Kier molecular flexibility index (Phi) is 11.3. The molecule has 0 saturated heterocycles. The molecule has 0 aliphatic carbocycles. The number of hydrogen-bond acceptors (Lipinski definition) is 1. The molecule has 0 aliphatic heterocycles. The first-order valence-corrected chi connectivity index (χ1v) is 5.17. The second-order valence-electron chi connectivity index (χ2n) is 1.50. The smallest absolute Gasteiger partial charge is 1.00 e. The molecule has 0 spiro atoms. The van der Waals surface area contributed by atoms with Crippen molar-refractivity contribution in [2.24, 2.45) is 0 Å². The summed E-state index contributed by atoms with van der Waals surface area (Å²) in [5.74, 6) is 0.